The summed E-state index contributed by atoms with van der Waals surface area (Å²) in [5, 5.41) is 0. The number of alkyl halides is 1. The van der Waals surface area contributed by atoms with Crippen LogP contribution in [0.25, 0.3) is 0 Å². The minimum atomic E-state index is -0.264. The molecule has 0 bridgehead atoms. The summed E-state index contributed by atoms with van der Waals surface area (Å²) < 4.78 is 11.5. The lowest BCUT2D eigenvalue weighted by molar-refractivity contribution is -0.185. The molecule has 2 fully saturated rings. The van der Waals surface area contributed by atoms with E-state index in [0.717, 1.165) is 6.42 Å². The van der Waals surface area contributed by atoms with Crippen LogP contribution in [0, 0.1) is 5.92 Å². The third-order valence-corrected chi connectivity index (χ3v) is 3.31. The van der Waals surface area contributed by atoms with Gasteiger partial charge in [-0.25, -0.2) is 0 Å². The smallest absolute Gasteiger partial charge is 0.171 e. The van der Waals surface area contributed by atoms with Gasteiger partial charge in [0, 0.05) is 12.3 Å². The van der Waals surface area contributed by atoms with E-state index in [0.29, 0.717) is 18.4 Å². The van der Waals surface area contributed by atoms with Crippen molar-refractivity contribution in [3.63, 3.8) is 0 Å². The van der Waals surface area contributed by atoms with Crippen molar-refractivity contribution in [1.29, 1.82) is 0 Å². The summed E-state index contributed by atoms with van der Waals surface area (Å²) in [7, 11) is 0. The van der Waals surface area contributed by atoms with E-state index < -0.39 is 0 Å². The molecule has 0 aromatic carbocycles. The van der Waals surface area contributed by atoms with Crippen LogP contribution in [0.5, 0.6) is 0 Å². The first-order chi connectivity index (χ1) is 5.77. The third-order valence-electron chi connectivity index (χ3n) is 2.97. The highest BCUT2D eigenvalue weighted by Crippen LogP contribution is 2.43. The van der Waals surface area contributed by atoms with E-state index >= 15 is 0 Å². The summed E-state index contributed by atoms with van der Waals surface area (Å²) in [6, 6.07) is 0. The van der Waals surface area contributed by atoms with E-state index in [4.69, 9.17) is 21.1 Å². The number of ether oxygens (including phenoxy) is 2. The fourth-order valence-corrected chi connectivity index (χ4v) is 2.32. The van der Waals surface area contributed by atoms with E-state index in [1.54, 1.807) is 0 Å². The van der Waals surface area contributed by atoms with Crippen LogP contribution in [0.1, 0.15) is 26.2 Å². The second-order valence-electron chi connectivity index (χ2n) is 3.81. The summed E-state index contributed by atoms with van der Waals surface area (Å²) in [4.78, 5) is 0. The first-order valence-electron chi connectivity index (χ1n) is 4.64. The van der Waals surface area contributed by atoms with Gasteiger partial charge in [0.05, 0.1) is 18.6 Å². The van der Waals surface area contributed by atoms with Gasteiger partial charge >= 0.3 is 0 Å². The number of hydrogen-bond acceptors (Lipinski definition) is 2. The van der Waals surface area contributed by atoms with E-state index in [9.17, 15) is 0 Å². The maximum absolute atomic E-state index is 5.82. The van der Waals surface area contributed by atoms with Crippen LogP contribution in [0.3, 0.4) is 0 Å². The summed E-state index contributed by atoms with van der Waals surface area (Å²) in [6.45, 7) is 2.87. The van der Waals surface area contributed by atoms with Gasteiger partial charge in [-0.1, -0.05) is 6.92 Å². The first kappa shape index (κ1) is 8.79. The molecule has 0 aromatic heterocycles. The Morgan fingerprint density at radius 1 is 1.58 bits per heavy atom. The summed E-state index contributed by atoms with van der Waals surface area (Å²) >= 11 is 5.71. The lowest BCUT2D eigenvalue weighted by Gasteiger charge is -2.27. The van der Waals surface area contributed by atoms with Crippen LogP contribution in [0.4, 0.5) is 0 Å². The molecule has 3 unspecified atom stereocenters. The molecular weight excluding hydrogens is 176 g/mol. The van der Waals surface area contributed by atoms with E-state index in [-0.39, 0.29) is 11.9 Å². The quantitative estimate of drug-likeness (QED) is 0.590. The van der Waals surface area contributed by atoms with Crippen molar-refractivity contribution in [2.24, 2.45) is 5.92 Å². The molecular formula is C9H15ClO2. The minimum Gasteiger partial charge on any atom is -0.347 e. The zero-order chi connectivity index (χ0) is 8.60. The molecule has 0 radical (unpaired) electrons. The largest absolute Gasteiger partial charge is 0.347 e. The van der Waals surface area contributed by atoms with Crippen molar-refractivity contribution >= 4 is 11.6 Å². The van der Waals surface area contributed by atoms with Gasteiger partial charge in [0.15, 0.2) is 5.79 Å². The average molecular weight is 191 g/mol. The Kier molecular flexibility index (Phi) is 2.32. The van der Waals surface area contributed by atoms with Crippen LogP contribution in [-0.4, -0.2) is 24.4 Å². The Hall–Kier alpha value is 0.210. The third kappa shape index (κ3) is 1.26. The molecule has 1 saturated carbocycles. The van der Waals surface area contributed by atoms with Gasteiger partial charge in [-0.2, -0.15) is 0 Å². The van der Waals surface area contributed by atoms with E-state index in [2.05, 4.69) is 6.92 Å². The zero-order valence-corrected chi connectivity index (χ0v) is 8.14. The average Bonchev–Trinajstić information content (AvgIpc) is 2.63. The van der Waals surface area contributed by atoms with Crippen molar-refractivity contribution in [1.82, 2.24) is 0 Å². The molecule has 1 aliphatic carbocycles. The van der Waals surface area contributed by atoms with Crippen molar-refractivity contribution in [3.8, 4) is 0 Å². The maximum atomic E-state index is 5.82. The van der Waals surface area contributed by atoms with Gasteiger partial charge in [0.25, 0.3) is 0 Å². The van der Waals surface area contributed by atoms with Crippen LogP contribution in [-0.2, 0) is 9.47 Å². The molecule has 1 aliphatic heterocycles. The highest BCUT2D eigenvalue weighted by atomic mass is 35.5. The summed E-state index contributed by atoms with van der Waals surface area (Å²) in [6.07, 6.45) is 3.60. The van der Waals surface area contributed by atoms with Gasteiger partial charge in [0.2, 0.25) is 0 Å². The van der Waals surface area contributed by atoms with Crippen LogP contribution < -0.4 is 0 Å². The van der Waals surface area contributed by atoms with Crippen molar-refractivity contribution in [2.75, 3.05) is 12.5 Å². The van der Waals surface area contributed by atoms with Gasteiger partial charge in [-0.05, 0) is 12.8 Å². The Balaban J connectivity index is 2.04. The molecule has 2 aliphatic rings. The Labute approximate surface area is 78.2 Å². The Bertz CT molecular complexity index is 174. The van der Waals surface area contributed by atoms with E-state index in [1.807, 2.05) is 0 Å². The SMILES string of the molecule is CC1CCCC12OCC(CCl)O2. The predicted molar refractivity (Wildman–Crippen MR) is 47.3 cm³/mol. The summed E-state index contributed by atoms with van der Waals surface area (Å²) in [5.41, 5.74) is 0. The summed E-state index contributed by atoms with van der Waals surface area (Å²) in [5.74, 6) is 0.819. The standard InChI is InChI=1S/C9H15ClO2/c1-7-3-2-4-9(7)11-6-8(5-10)12-9/h7-8H,2-6H2,1H3. The lowest BCUT2D eigenvalue weighted by Crippen LogP contribution is -2.33. The lowest BCUT2D eigenvalue weighted by atomic mass is 10.1. The molecule has 0 aromatic rings. The molecule has 1 heterocycles. The second kappa shape index (κ2) is 3.17. The van der Waals surface area contributed by atoms with Gasteiger partial charge in [-0.3, -0.25) is 0 Å². The molecule has 70 valence electrons. The van der Waals surface area contributed by atoms with Crippen LogP contribution in [0.15, 0.2) is 0 Å². The Morgan fingerprint density at radius 2 is 2.42 bits per heavy atom. The number of hydrogen-bond donors (Lipinski definition) is 0. The fourth-order valence-electron chi connectivity index (χ4n) is 2.17. The zero-order valence-electron chi connectivity index (χ0n) is 7.38. The number of rotatable bonds is 1. The molecule has 2 nitrogen and oxygen atoms in total. The molecule has 0 amide bonds. The topological polar surface area (TPSA) is 18.5 Å². The normalized spacial score (nSPS) is 47.5. The van der Waals surface area contributed by atoms with Gasteiger partial charge in [0.1, 0.15) is 0 Å². The number of halogens is 1. The molecule has 0 N–H and O–H groups in total. The fraction of sp³-hybridized carbons (Fsp3) is 1.00. The van der Waals surface area contributed by atoms with E-state index in [1.165, 1.54) is 12.8 Å². The first-order valence-corrected chi connectivity index (χ1v) is 5.18. The van der Waals surface area contributed by atoms with Crippen molar-refractivity contribution in [3.05, 3.63) is 0 Å². The highest BCUT2D eigenvalue weighted by molar-refractivity contribution is 6.18. The van der Waals surface area contributed by atoms with Crippen LogP contribution in [0.2, 0.25) is 0 Å². The monoisotopic (exact) mass is 190 g/mol. The van der Waals surface area contributed by atoms with Crippen LogP contribution >= 0.6 is 11.6 Å². The predicted octanol–water partition coefficient (Wildman–Crippen LogP) is 2.16. The van der Waals surface area contributed by atoms with Gasteiger partial charge < -0.3 is 9.47 Å². The van der Waals surface area contributed by atoms with Crippen molar-refractivity contribution in [2.45, 2.75) is 38.1 Å². The Morgan fingerprint density at radius 3 is 2.92 bits per heavy atom. The molecule has 12 heavy (non-hydrogen) atoms. The molecule has 1 saturated heterocycles. The maximum Gasteiger partial charge on any atom is 0.171 e. The highest BCUT2D eigenvalue weighted by Gasteiger charge is 2.48. The minimum absolute atomic E-state index is 0.118. The second-order valence-corrected chi connectivity index (χ2v) is 4.12. The molecule has 3 heteroatoms. The van der Waals surface area contributed by atoms with Gasteiger partial charge in [-0.15, -0.1) is 11.6 Å². The van der Waals surface area contributed by atoms with Crippen molar-refractivity contribution < 1.29 is 9.47 Å². The molecule has 2 rings (SSSR count). The molecule has 1 spiro atoms. The molecule has 3 atom stereocenters.